The molecule has 4 heteroatoms. The minimum Gasteiger partial charge on any atom is -0.506 e. The number of pyridine rings is 1. The Kier molecular flexibility index (Phi) is 1.44. The van der Waals surface area contributed by atoms with Crippen LogP contribution in [0.2, 0.25) is 0 Å². The summed E-state index contributed by atoms with van der Waals surface area (Å²) < 4.78 is 0. The molecule has 0 atom stereocenters. The van der Waals surface area contributed by atoms with Gasteiger partial charge in [0, 0.05) is 24.2 Å². The SMILES string of the molecule is Cc1nc(O)c2c(c1O)CNC2. The van der Waals surface area contributed by atoms with Crippen molar-refractivity contribution in [1.82, 2.24) is 10.3 Å². The van der Waals surface area contributed by atoms with Crippen LogP contribution in [0, 0.1) is 6.92 Å². The van der Waals surface area contributed by atoms with Gasteiger partial charge >= 0.3 is 0 Å². The normalized spacial score (nSPS) is 14.8. The lowest BCUT2D eigenvalue weighted by atomic mass is 10.1. The van der Waals surface area contributed by atoms with E-state index in [1.54, 1.807) is 6.92 Å². The van der Waals surface area contributed by atoms with E-state index < -0.39 is 0 Å². The summed E-state index contributed by atoms with van der Waals surface area (Å²) in [7, 11) is 0. The second-order valence-corrected chi connectivity index (χ2v) is 2.93. The highest BCUT2D eigenvalue weighted by molar-refractivity contribution is 5.48. The van der Waals surface area contributed by atoms with Gasteiger partial charge < -0.3 is 15.5 Å². The van der Waals surface area contributed by atoms with Crippen molar-refractivity contribution >= 4 is 0 Å². The van der Waals surface area contributed by atoms with Gasteiger partial charge in [0.05, 0.1) is 5.69 Å². The molecule has 12 heavy (non-hydrogen) atoms. The van der Waals surface area contributed by atoms with Gasteiger partial charge in [-0.1, -0.05) is 0 Å². The predicted molar refractivity (Wildman–Crippen MR) is 42.8 cm³/mol. The fourth-order valence-electron chi connectivity index (χ4n) is 1.46. The maximum atomic E-state index is 9.53. The van der Waals surface area contributed by atoms with Crippen molar-refractivity contribution in [2.24, 2.45) is 0 Å². The van der Waals surface area contributed by atoms with E-state index in [1.165, 1.54) is 0 Å². The van der Waals surface area contributed by atoms with Gasteiger partial charge in [0.1, 0.15) is 5.75 Å². The zero-order chi connectivity index (χ0) is 8.72. The first kappa shape index (κ1) is 7.36. The Bertz CT molecular complexity index is 336. The summed E-state index contributed by atoms with van der Waals surface area (Å²) in [6.45, 7) is 2.87. The number of hydrogen-bond donors (Lipinski definition) is 3. The second-order valence-electron chi connectivity index (χ2n) is 2.93. The molecule has 0 spiro atoms. The van der Waals surface area contributed by atoms with Crippen LogP contribution < -0.4 is 5.32 Å². The molecule has 2 heterocycles. The summed E-state index contributed by atoms with van der Waals surface area (Å²) >= 11 is 0. The summed E-state index contributed by atoms with van der Waals surface area (Å²) in [5, 5.41) is 21.9. The molecule has 0 aromatic carbocycles. The van der Waals surface area contributed by atoms with Crippen LogP contribution in [-0.4, -0.2) is 15.2 Å². The molecule has 0 saturated heterocycles. The first-order valence-electron chi connectivity index (χ1n) is 3.81. The summed E-state index contributed by atoms with van der Waals surface area (Å²) in [6.07, 6.45) is 0. The van der Waals surface area contributed by atoms with Crippen LogP contribution in [0.4, 0.5) is 0 Å². The van der Waals surface area contributed by atoms with Crippen molar-refractivity contribution < 1.29 is 10.2 Å². The van der Waals surface area contributed by atoms with E-state index in [0.29, 0.717) is 18.8 Å². The number of aromatic nitrogens is 1. The van der Waals surface area contributed by atoms with Crippen LogP contribution in [0.3, 0.4) is 0 Å². The lowest BCUT2D eigenvalue weighted by Gasteiger charge is -2.05. The van der Waals surface area contributed by atoms with Gasteiger partial charge in [0.15, 0.2) is 0 Å². The quantitative estimate of drug-likeness (QED) is 0.522. The first-order valence-corrected chi connectivity index (χ1v) is 3.81. The summed E-state index contributed by atoms with van der Waals surface area (Å²) in [5.74, 6) is 0.234. The molecule has 0 aliphatic carbocycles. The van der Waals surface area contributed by atoms with Crippen LogP contribution in [0.5, 0.6) is 11.6 Å². The Labute approximate surface area is 69.9 Å². The van der Waals surface area contributed by atoms with Crippen molar-refractivity contribution in [1.29, 1.82) is 0 Å². The molecule has 0 fully saturated rings. The van der Waals surface area contributed by atoms with E-state index in [2.05, 4.69) is 10.3 Å². The summed E-state index contributed by atoms with van der Waals surface area (Å²) in [5.41, 5.74) is 1.98. The molecule has 3 N–H and O–H groups in total. The average Bonchev–Trinajstić information content (AvgIpc) is 2.48. The molecule has 64 valence electrons. The highest BCUT2D eigenvalue weighted by atomic mass is 16.3. The number of nitrogens with one attached hydrogen (secondary N) is 1. The number of nitrogens with zero attached hydrogens (tertiary/aromatic N) is 1. The highest BCUT2D eigenvalue weighted by Gasteiger charge is 2.20. The molecule has 2 rings (SSSR count). The fourth-order valence-corrected chi connectivity index (χ4v) is 1.46. The third kappa shape index (κ3) is 0.848. The fraction of sp³-hybridized carbons (Fsp3) is 0.375. The van der Waals surface area contributed by atoms with Gasteiger partial charge in [-0.3, -0.25) is 0 Å². The third-order valence-electron chi connectivity index (χ3n) is 2.14. The number of aromatic hydroxyl groups is 2. The van der Waals surface area contributed by atoms with Gasteiger partial charge in [0.2, 0.25) is 5.88 Å². The van der Waals surface area contributed by atoms with E-state index in [0.717, 1.165) is 11.1 Å². The number of aryl methyl sites for hydroxylation is 1. The molecule has 1 aliphatic heterocycles. The lowest BCUT2D eigenvalue weighted by Crippen LogP contribution is -2.00. The Balaban J connectivity index is 2.69. The summed E-state index contributed by atoms with van der Waals surface area (Å²) in [6, 6.07) is 0. The Morgan fingerprint density at radius 3 is 2.67 bits per heavy atom. The highest BCUT2D eigenvalue weighted by Crippen LogP contribution is 2.32. The Morgan fingerprint density at radius 1 is 1.25 bits per heavy atom. The van der Waals surface area contributed by atoms with Crippen molar-refractivity contribution in [3.05, 3.63) is 16.8 Å². The number of rotatable bonds is 0. The van der Waals surface area contributed by atoms with Crippen molar-refractivity contribution in [2.45, 2.75) is 20.0 Å². The summed E-state index contributed by atoms with van der Waals surface area (Å²) in [4.78, 5) is 3.81. The van der Waals surface area contributed by atoms with Crippen LogP contribution >= 0.6 is 0 Å². The van der Waals surface area contributed by atoms with E-state index in [1.807, 2.05) is 0 Å². The van der Waals surface area contributed by atoms with Crippen LogP contribution in [0.25, 0.3) is 0 Å². The molecule has 0 amide bonds. The number of fused-ring (bicyclic) bond motifs is 1. The van der Waals surface area contributed by atoms with E-state index in [-0.39, 0.29) is 11.6 Å². The molecule has 1 aromatic rings. The van der Waals surface area contributed by atoms with Gasteiger partial charge in [-0.25, -0.2) is 4.98 Å². The van der Waals surface area contributed by atoms with Crippen LogP contribution in [0.1, 0.15) is 16.8 Å². The van der Waals surface area contributed by atoms with Crippen molar-refractivity contribution in [3.8, 4) is 11.6 Å². The smallest absolute Gasteiger partial charge is 0.216 e. The largest absolute Gasteiger partial charge is 0.506 e. The minimum atomic E-state index is 0.0327. The van der Waals surface area contributed by atoms with Crippen molar-refractivity contribution in [3.63, 3.8) is 0 Å². The molecular formula is C8H10N2O2. The topological polar surface area (TPSA) is 65.4 Å². The molecule has 0 bridgehead atoms. The molecule has 4 nitrogen and oxygen atoms in total. The zero-order valence-corrected chi connectivity index (χ0v) is 6.76. The second kappa shape index (κ2) is 2.35. The van der Waals surface area contributed by atoms with Gasteiger partial charge in [-0.15, -0.1) is 0 Å². The standard InChI is InChI=1S/C8H10N2O2/c1-4-7(11)5-2-9-3-6(5)8(12)10-4/h9,11H,2-3H2,1H3,(H,10,12). The molecule has 1 aromatic heterocycles. The molecular weight excluding hydrogens is 156 g/mol. The molecule has 0 saturated carbocycles. The monoisotopic (exact) mass is 166 g/mol. The molecule has 1 aliphatic rings. The minimum absolute atomic E-state index is 0.0327. The van der Waals surface area contributed by atoms with Gasteiger partial charge in [-0.05, 0) is 6.92 Å². The maximum Gasteiger partial charge on any atom is 0.216 e. The number of hydrogen-bond acceptors (Lipinski definition) is 4. The zero-order valence-electron chi connectivity index (χ0n) is 6.76. The first-order chi connectivity index (χ1) is 5.70. The Morgan fingerprint density at radius 2 is 1.92 bits per heavy atom. The van der Waals surface area contributed by atoms with Crippen LogP contribution in [0.15, 0.2) is 0 Å². The van der Waals surface area contributed by atoms with Crippen LogP contribution in [-0.2, 0) is 13.1 Å². The van der Waals surface area contributed by atoms with Gasteiger partial charge in [-0.2, -0.15) is 0 Å². The molecule has 0 radical (unpaired) electrons. The molecule has 0 unspecified atom stereocenters. The Hall–Kier alpha value is -1.29. The van der Waals surface area contributed by atoms with Gasteiger partial charge in [0.25, 0.3) is 0 Å². The van der Waals surface area contributed by atoms with E-state index >= 15 is 0 Å². The average molecular weight is 166 g/mol. The third-order valence-corrected chi connectivity index (χ3v) is 2.14. The maximum absolute atomic E-state index is 9.53. The van der Waals surface area contributed by atoms with E-state index in [9.17, 15) is 10.2 Å². The predicted octanol–water partition coefficient (Wildman–Crippen LogP) is 0.404. The van der Waals surface area contributed by atoms with Crippen molar-refractivity contribution in [2.75, 3.05) is 0 Å². The lowest BCUT2D eigenvalue weighted by molar-refractivity contribution is 0.429. The van der Waals surface area contributed by atoms with E-state index in [4.69, 9.17) is 0 Å².